The molecule has 0 saturated heterocycles. The van der Waals surface area contributed by atoms with Gasteiger partial charge in [0.2, 0.25) is 5.91 Å². The quantitative estimate of drug-likeness (QED) is 0.897. The van der Waals surface area contributed by atoms with Gasteiger partial charge in [0.1, 0.15) is 5.82 Å². The van der Waals surface area contributed by atoms with Gasteiger partial charge in [-0.15, -0.1) is 11.8 Å². The first kappa shape index (κ1) is 16.3. The van der Waals surface area contributed by atoms with Crippen LogP contribution in [0.3, 0.4) is 0 Å². The molecule has 1 amide bonds. The van der Waals surface area contributed by atoms with E-state index in [0.29, 0.717) is 13.0 Å². The van der Waals surface area contributed by atoms with Crippen LogP contribution in [0.2, 0.25) is 0 Å². The summed E-state index contributed by atoms with van der Waals surface area (Å²) in [6.45, 7) is 6.51. The minimum absolute atomic E-state index is 0.0413. The number of carbonyl (C=O) groups excluding carboxylic acids is 1. The molecule has 5 heteroatoms. The third-order valence-corrected chi connectivity index (χ3v) is 4.44. The molecule has 2 rings (SSSR count). The minimum Gasteiger partial charge on any atom is -0.351 e. The van der Waals surface area contributed by atoms with Crippen LogP contribution in [-0.4, -0.2) is 23.7 Å². The molecule has 21 heavy (non-hydrogen) atoms. The van der Waals surface area contributed by atoms with Gasteiger partial charge >= 0.3 is 0 Å². The Morgan fingerprint density at radius 3 is 2.90 bits per heavy atom. The van der Waals surface area contributed by atoms with Gasteiger partial charge < -0.3 is 10.6 Å². The molecule has 1 atom stereocenters. The lowest BCUT2D eigenvalue weighted by Gasteiger charge is -2.26. The number of hydrogen-bond acceptors (Lipinski definition) is 3. The van der Waals surface area contributed by atoms with E-state index in [9.17, 15) is 9.18 Å². The molecule has 0 aliphatic carbocycles. The molecule has 0 radical (unpaired) electrons. The molecule has 3 nitrogen and oxygen atoms in total. The summed E-state index contributed by atoms with van der Waals surface area (Å²) in [6, 6.07) is 5.36. The van der Waals surface area contributed by atoms with Crippen LogP contribution < -0.4 is 10.6 Å². The van der Waals surface area contributed by atoms with E-state index in [1.54, 1.807) is 17.8 Å². The monoisotopic (exact) mass is 310 g/mol. The number of rotatable bonds is 4. The molecule has 1 aromatic carbocycles. The normalized spacial score (nSPS) is 18.2. The maximum absolute atomic E-state index is 13.8. The Labute approximate surface area is 130 Å². The van der Waals surface area contributed by atoms with E-state index in [1.807, 2.05) is 26.8 Å². The number of fused-ring (bicyclic) bond motifs is 1. The summed E-state index contributed by atoms with van der Waals surface area (Å²) >= 11 is 1.57. The van der Waals surface area contributed by atoms with Crippen LogP contribution in [0, 0.1) is 5.82 Å². The lowest BCUT2D eigenvalue weighted by molar-refractivity contribution is -0.122. The SMILES string of the molecule is CC(C)(C)NC(=O)CCNC1CCSc2c(F)cccc21. The van der Waals surface area contributed by atoms with Crippen LogP contribution in [0.15, 0.2) is 23.1 Å². The Morgan fingerprint density at radius 2 is 2.19 bits per heavy atom. The first-order valence-corrected chi connectivity index (χ1v) is 8.31. The number of thioether (sulfide) groups is 1. The Hall–Kier alpha value is -1.07. The number of amides is 1. The van der Waals surface area contributed by atoms with Crippen LogP contribution >= 0.6 is 11.8 Å². The van der Waals surface area contributed by atoms with Crippen molar-refractivity contribution < 1.29 is 9.18 Å². The third-order valence-electron chi connectivity index (χ3n) is 3.28. The summed E-state index contributed by atoms with van der Waals surface area (Å²) < 4.78 is 13.8. The number of halogens is 1. The van der Waals surface area contributed by atoms with Crippen molar-refractivity contribution in [3.05, 3.63) is 29.6 Å². The highest BCUT2D eigenvalue weighted by Crippen LogP contribution is 2.37. The zero-order chi connectivity index (χ0) is 15.5. The fourth-order valence-electron chi connectivity index (χ4n) is 2.44. The van der Waals surface area contributed by atoms with Gasteiger partial charge in [-0.1, -0.05) is 12.1 Å². The van der Waals surface area contributed by atoms with Gasteiger partial charge in [0.05, 0.1) is 0 Å². The summed E-state index contributed by atoms with van der Waals surface area (Å²) in [5.41, 5.74) is 0.816. The summed E-state index contributed by atoms with van der Waals surface area (Å²) in [4.78, 5) is 12.5. The number of benzene rings is 1. The molecule has 1 unspecified atom stereocenters. The first-order valence-electron chi connectivity index (χ1n) is 7.32. The summed E-state index contributed by atoms with van der Waals surface area (Å²) in [6.07, 6.45) is 1.40. The second-order valence-electron chi connectivity index (χ2n) is 6.35. The molecule has 0 spiro atoms. The van der Waals surface area contributed by atoms with Crippen LogP contribution in [0.25, 0.3) is 0 Å². The van der Waals surface area contributed by atoms with Gasteiger partial charge in [0, 0.05) is 29.4 Å². The predicted octanol–water partition coefficient (Wildman–Crippen LogP) is 3.26. The second-order valence-corrected chi connectivity index (χ2v) is 7.46. The van der Waals surface area contributed by atoms with Crippen molar-refractivity contribution in [3.8, 4) is 0 Å². The third kappa shape index (κ3) is 4.71. The van der Waals surface area contributed by atoms with E-state index in [-0.39, 0.29) is 23.3 Å². The smallest absolute Gasteiger partial charge is 0.221 e. The van der Waals surface area contributed by atoms with Crippen molar-refractivity contribution >= 4 is 17.7 Å². The van der Waals surface area contributed by atoms with Gasteiger partial charge in [-0.25, -0.2) is 4.39 Å². The van der Waals surface area contributed by atoms with Gasteiger partial charge in [-0.2, -0.15) is 0 Å². The van der Waals surface area contributed by atoms with Crippen molar-refractivity contribution in [2.24, 2.45) is 0 Å². The van der Waals surface area contributed by atoms with E-state index in [4.69, 9.17) is 0 Å². The van der Waals surface area contributed by atoms with Gasteiger partial charge in [-0.3, -0.25) is 4.79 Å². The predicted molar refractivity (Wildman–Crippen MR) is 85.0 cm³/mol. The zero-order valence-corrected chi connectivity index (χ0v) is 13.6. The highest BCUT2D eigenvalue weighted by atomic mass is 32.2. The van der Waals surface area contributed by atoms with Crippen LogP contribution in [-0.2, 0) is 4.79 Å². The molecule has 1 aromatic rings. The highest BCUT2D eigenvalue weighted by Gasteiger charge is 2.23. The lowest BCUT2D eigenvalue weighted by Crippen LogP contribution is -2.41. The first-order chi connectivity index (χ1) is 9.87. The summed E-state index contributed by atoms with van der Waals surface area (Å²) in [5, 5.41) is 6.32. The number of nitrogens with one attached hydrogen (secondary N) is 2. The summed E-state index contributed by atoms with van der Waals surface area (Å²) in [7, 11) is 0. The molecule has 0 fully saturated rings. The molecule has 1 aliphatic rings. The average molecular weight is 310 g/mol. The molecular weight excluding hydrogens is 287 g/mol. The molecule has 2 N–H and O–H groups in total. The standard InChI is InChI=1S/C16H23FN2OS/c1-16(2,3)19-14(20)7-9-18-13-8-10-21-15-11(13)5-4-6-12(15)17/h4-6,13,18H,7-10H2,1-3H3,(H,19,20). The van der Waals surface area contributed by atoms with Crippen molar-refractivity contribution in [1.82, 2.24) is 10.6 Å². The van der Waals surface area contributed by atoms with Crippen LogP contribution in [0.1, 0.15) is 45.2 Å². The lowest BCUT2D eigenvalue weighted by atomic mass is 10.0. The van der Waals surface area contributed by atoms with Gasteiger partial charge in [0.25, 0.3) is 0 Å². The fraction of sp³-hybridized carbons (Fsp3) is 0.562. The Balaban J connectivity index is 1.88. The molecule has 0 saturated carbocycles. The topological polar surface area (TPSA) is 41.1 Å². The van der Waals surface area contributed by atoms with Crippen molar-refractivity contribution in [2.45, 2.75) is 50.1 Å². The van der Waals surface area contributed by atoms with Crippen molar-refractivity contribution in [1.29, 1.82) is 0 Å². The fourth-order valence-corrected chi connectivity index (χ4v) is 3.58. The van der Waals surface area contributed by atoms with Gasteiger partial charge in [0.15, 0.2) is 0 Å². The largest absolute Gasteiger partial charge is 0.351 e. The Kier molecular flexibility index (Phi) is 5.27. The average Bonchev–Trinajstić information content (AvgIpc) is 2.37. The van der Waals surface area contributed by atoms with E-state index in [1.165, 1.54) is 6.07 Å². The molecule has 1 heterocycles. The van der Waals surface area contributed by atoms with Crippen LogP contribution in [0.5, 0.6) is 0 Å². The number of carbonyl (C=O) groups is 1. The zero-order valence-electron chi connectivity index (χ0n) is 12.8. The van der Waals surface area contributed by atoms with E-state index < -0.39 is 0 Å². The molecular formula is C16H23FN2OS. The van der Waals surface area contributed by atoms with Gasteiger partial charge in [-0.05, 0) is 44.6 Å². The Morgan fingerprint density at radius 1 is 1.43 bits per heavy atom. The summed E-state index contributed by atoms with van der Waals surface area (Å²) in [5.74, 6) is 0.800. The number of hydrogen-bond donors (Lipinski definition) is 2. The van der Waals surface area contributed by atoms with E-state index in [0.717, 1.165) is 22.6 Å². The van der Waals surface area contributed by atoms with Crippen molar-refractivity contribution in [2.75, 3.05) is 12.3 Å². The van der Waals surface area contributed by atoms with Crippen molar-refractivity contribution in [3.63, 3.8) is 0 Å². The molecule has 116 valence electrons. The Bertz CT molecular complexity index is 513. The van der Waals surface area contributed by atoms with E-state index >= 15 is 0 Å². The second kappa shape index (κ2) is 6.79. The minimum atomic E-state index is -0.200. The molecule has 0 aromatic heterocycles. The maximum atomic E-state index is 13.8. The highest BCUT2D eigenvalue weighted by molar-refractivity contribution is 7.99. The van der Waals surface area contributed by atoms with E-state index in [2.05, 4.69) is 10.6 Å². The maximum Gasteiger partial charge on any atom is 0.221 e. The molecule has 0 bridgehead atoms. The van der Waals surface area contributed by atoms with Crippen LogP contribution in [0.4, 0.5) is 4.39 Å². The molecule has 1 aliphatic heterocycles.